The van der Waals surface area contributed by atoms with E-state index in [0.29, 0.717) is 18.3 Å². The predicted molar refractivity (Wildman–Crippen MR) is 62.6 cm³/mol. The van der Waals surface area contributed by atoms with Crippen molar-refractivity contribution in [1.82, 2.24) is 14.9 Å². The van der Waals surface area contributed by atoms with Crippen LogP contribution < -0.4 is 4.74 Å². The number of ether oxygens (including phenoxy) is 1. The van der Waals surface area contributed by atoms with Crippen molar-refractivity contribution in [1.29, 1.82) is 5.26 Å². The summed E-state index contributed by atoms with van der Waals surface area (Å²) in [6.07, 6.45) is 2.58. The molecule has 0 aliphatic heterocycles. The quantitative estimate of drug-likeness (QED) is 0.761. The molecule has 0 bridgehead atoms. The molecule has 1 heterocycles. The molecule has 0 spiro atoms. The van der Waals surface area contributed by atoms with Crippen molar-refractivity contribution >= 4 is 0 Å². The van der Waals surface area contributed by atoms with Gasteiger partial charge in [-0.1, -0.05) is 0 Å². The average Bonchev–Trinajstić information content (AvgIpc) is 3.12. The van der Waals surface area contributed by atoms with Crippen LogP contribution in [0, 0.1) is 18.3 Å². The molecule has 17 heavy (non-hydrogen) atoms. The van der Waals surface area contributed by atoms with E-state index in [1.165, 1.54) is 12.8 Å². The first-order valence-corrected chi connectivity index (χ1v) is 5.78. The Morgan fingerprint density at radius 2 is 2.29 bits per heavy atom. The monoisotopic (exact) mass is 232 g/mol. The van der Waals surface area contributed by atoms with Crippen LogP contribution in [0.4, 0.5) is 0 Å². The third-order valence-electron chi connectivity index (χ3n) is 2.79. The minimum atomic E-state index is 0.297. The molecule has 0 saturated heterocycles. The summed E-state index contributed by atoms with van der Waals surface area (Å²) < 4.78 is 5.46. The second-order valence-corrected chi connectivity index (χ2v) is 4.35. The minimum absolute atomic E-state index is 0.297. The van der Waals surface area contributed by atoms with E-state index < -0.39 is 0 Å². The lowest BCUT2D eigenvalue weighted by atomic mass is 10.3. The van der Waals surface area contributed by atoms with E-state index in [1.54, 1.807) is 6.07 Å². The lowest BCUT2D eigenvalue weighted by Gasteiger charge is -2.15. The van der Waals surface area contributed by atoms with Gasteiger partial charge < -0.3 is 9.64 Å². The fourth-order valence-corrected chi connectivity index (χ4v) is 1.64. The molecule has 2 rings (SSSR count). The number of aromatic nitrogens is 2. The average molecular weight is 232 g/mol. The standard InChI is InChI=1S/C12H16N4O/c1-9-7-10(8-13)15-12(14-9)17-6-5-16(2)11-3-4-11/h7,11H,3-6H2,1-2H3. The number of aryl methyl sites for hydroxylation is 1. The van der Waals surface area contributed by atoms with Gasteiger partial charge in [0.05, 0.1) is 0 Å². The Hall–Kier alpha value is -1.67. The zero-order valence-electron chi connectivity index (χ0n) is 10.2. The summed E-state index contributed by atoms with van der Waals surface area (Å²) in [6.45, 7) is 3.25. The van der Waals surface area contributed by atoms with Gasteiger partial charge in [-0.25, -0.2) is 4.98 Å². The van der Waals surface area contributed by atoms with Crippen molar-refractivity contribution in [3.63, 3.8) is 0 Å². The number of nitrogens with zero attached hydrogens (tertiary/aromatic N) is 4. The van der Waals surface area contributed by atoms with E-state index in [0.717, 1.165) is 18.3 Å². The molecule has 5 heteroatoms. The molecule has 5 nitrogen and oxygen atoms in total. The summed E-state index contributed by atoms with van der Waals surface area (Å²) in [5, 5.41) is 8.78. The third kappa shape index (κ3) is 3.40. The Morgan fingerprint density at radius 3 is 2.94 bits per heavy atom. The maximum atomic E-state index is 8.78. The minimum Gasteiger partial charge on any atom is -0.462 e. The highest BCUT2D eigenvalue weighted by Gasteiger charge is 2.25. The highest BCUT2D eigenvalue weighted by Crippen LogP contribution is 2.24. The second-order valence-electron chi connectivity index (χ2n) is 4.35. The summed E-state index contributed by atoms with van der Waals surface area (Å²) in [5.41, 5.74) is 1.10. The molecule has 0 atom stereocenters. The first-order chi connectivity index (χ1) is 8.19. The van der Waals surface area contributed by atoms with E-state index in [4.69, 9.17) is 10.00 Å². The highest BCUT2D eigenvalue weighted by atomic mass is 16.5. The first kappa shape index (κ1) is 11.8. The Bertz CT molecular complexity index is 437. The maximum Gasteiger partial charge on any atom is 0.317 e. The molecule has 1 fully saturated rings. The topological polar surface area (TPSA) is 62.0 Å². The van der Waals surface area contributed by atoms with Gasteiger partial charge >= 0.3 is 6.01 Å². The second kappa shape index (κ2) is 5.11. The van der Waals surface area contributed by atoms with E-state index in [2.05, 4.69) is 21.9 Å². The van der Waals surface area contributed by atoms with Gasteiger partial charge in [-0.2, -0.15) is 10.2 Å². The molecule has 90 valence electrons. The van der Waals surface area contributed by atoms with Crippen molar-refractivity contribution in [2.24, 2.45) is 0 Å². The van der Waals surface area contributed by atoms with Gasteiger partial charge in [0.15, 0.2) is 0 Å². The summed E-state index contributed by atoms with van der Waals surface area (Å²) in [4.78, 5) is 10.4. The Balaban J connectivity index is 1.85. The van der Waals surface area contributed by atoms with Gasteiger partial charge in [0.25, 0.3) is 0 Å². The van der Waals surface area contributed by atoms with Crippen molar-refractivity contribution in [2.75, 3.05) is 20.2 Å². The van der Waals surface area contributed by atoms with Crippen LogP contribution >= 0.6 is 0 Å². The molecule has 0 unspecified atom stereocenters. The lowest BCUT2D eigenvalue weighted by Crippen LogP contribution is -2.26. The molecule has 1 aromatic heterocycles. The van der Waals surface area contributed by atoms with Crippen LogP contribution in [0.3, 0.4) is 0 Å². The molecule has 1 aliphatic rings. The van der Waals surface area contributed by atoms with Gasteiger partial charge in [0.1, 0.15) is 18.4 Å². The number of hydrogen-bond donors (Lipinski definition) is 0. The van der Waals surface area contributed by atoms with E-state index in [1.807, 2.05) is 13.0 Å². The Morgan fingerprint density at radius 1 is 1.53 bits per heavy atom. The lowest BCUT2D eigenvalue weighted by molar-refractivity contribution is 0.220. The molecule has 0 N–H and O–H groups in total. The van der Waals surface area contributed by atoms with Gasteiger partial charge in [-0.3, -0.25) is 0 Å². The van der Waals surface area contributed by atoms with Gasteiger partial charge in [0.2, 0.25) is 0 Å². The third-order valence-corrected chi connectivity index (χ3v) is 2.79. The van der Waals surface area contributed by atoms with Crippen LogP contribution in [0.15, 0.2) is 6.07 Å². The van der Waals surface area contributed by atoms with Crippen LogP contribution in [0.1, 0.15) is 24.2 Å². The van der Waals surface area contributed by atoms with Crippen LogP contribution in [0.25, 0.3) is 0 Å². The molecule has 1 saturated carbocycles. The highest BCUT2D eigenvalue weighted by molar-refractivity contribution is 5.23. The molecular weight excluding hydrogens is 216 g/mol. The van der Waals surface area contributed by atoms with Gasteiger partial charge in [-0.15, -0.1) is 0 Å². The normalized spacial score (nSPS) is 14.7. The molecule has 1 aliphatic carbocycles. The summed E-state index contributed by atoms with van der Waals surface area (Å²) in [7, 11) is 2.10. The smallest absolute Gasteiger partial charge is 0.317 e. The SMILES string of the molecule is Cc1cc(C#N)nc(OCCN(C)C2CC2)n1. The van der Waals surface area contributed by atoms with Crippen molar-refractivity contribution < 1.29 is 4.74 Å². The molecule has 0 amide bonds. The summed E-state index contributed by atoms with van der Waals surface area (Å²) in [5.74, 6) is 0. The van der Waals surface area contributed by atoms with Crippen molar-refractivity contribution in [3.8, 4) is 12.1 Å². The molecule has 0 aromatic carbocycles. The Labute approximate surface area is 101 Å². The van der Waals surface area contributed by atoms with Crippen LogP contribution in [0.2, 0.25) is 0 Å². The number of hydrogen-bond acceptors (Lipinski definition) is 5. The maximum absolute atomic E-state index is 8.78. The van der Waals surface area contributed by atoms with Gasteiger partial charge in [0, 0.05) is 18.3 Å². The van der Waals surface area contributed by atoms with E-state index >= 15 is 0 Å². The van der Waals surface area contributed by atoms with Crippen LogP contribution in [-0.2, 0) is 0 Å². The predicted octanol–water partition coefficient (Wildman–Crippen LogP) is 1.13. The summed E-state index contributed by atoms with van der Waals surface area (Å²) >= 11 is 0. The fourth-order valence-electron chi connectivity index (χ4n) is 1.64. The fraction of sp³-hybridized carbons (Fsp3) is 0.583. The molecule has 1 aromatic rings. The zero-order chi connectivity index (χ0) is 12.3. The zero-order valence-corrected chi connectivity index (χ0v) is 10.2. The van der Waals surface area contributed by atoms with E-state index in [9.17, 15) is 0 Å². The summed E-state index contributed by atoms with van der Waals surface area (Å²) in [6, 6.07) is 4.66. The largest absolute Gasteiger partial charge is 0.462 e. The van der Waals surface area contributed by atoms with Crippen molar-refractivity contribution in [3.05, 3.63) is 17.5 Å². The Kier molecular flexibility index (Phi) is 3.55. The van der Waals surface area contributed by atoms with Crippen molar-refractivity contribution in [2.45, 2.75) is 25.8 Å². The number of nitriles is 1. The van der Waals surface area contributed by atoms with Gasteiger partial charge in [-0.05, 0) is 32.9 Å². The number of rotatable bonds is 5. The van der Waals surface area contributed by atoms with Crippen LogP contribution in [0.5, 0.6) is 6.01 Å². The van der Waals surface area contributed by atoms with E-state index in [-0.39, 0.29) is 0 Å². The molecular formula is C12H16N4O. The van der Waals surface area contributed by atoms with Crippen LogP contribution in [-0.4, -0.2) is 41.1 Å². The number of likely N-dealkylation sites (N-methyl/N-ethyl adjacent to an activating group) is 1. The first-order valence-electron chi connectivity index (χ1n) is 5.78. The molecule has 0 radical (unpaired) electrons.